The summed E-state index contributed by atoms with van der Waals surface area (Å²) < 4.78 is 26.2. The number of nitrogens with zero attached hydrogens (tertiary/aromatic N) is 4. The Hall–Kier alpha value is -4.35. The molecule has 0 aliphatic heterocycles. The van der Waals surface area contributed by atoms with E-state index in [1.54, 1.807) is 36.4 Å². The first-order valence-electron chi connectivity index (χ1n) is 11.1. The van der Waals surface area contributed by atoms with E-state index in [0.717, 1.165) is 6.07 Å². The molecule has 4 rings (SSSR count). The molecule has 0 saturated carbocycles. The van der Waals surface area contributed by atoms with Gasteiger partial charge in [-0.1, -0.05) is 23.7 Å². The van der Waals surface area contributed by atoms with E-state index >= 15 is 0 Å². The molecule has 1 amide bonds. The molecule has 0 fully saturated rings. The molecule has 10 nitrogen and oxygen atoms in total. The van der Waals surface area contributed by atoms with Crippen LogP contribution < -0.4 is 10.1 Å². The maximum Gasteiger partial charge on any atom is 0.336 e. The predicted molar refractivity (Wildman–Crippen MR) is 135 cm³/mol. The minimum Gasteiger partial charge on any atom is -0.460 e. The van der Waals surface area contributed by atoms with E-state index in [1.165, 1.54) is 28.9 Å². The summed E-state index contributed by atoms with van der Waals surface area (Å²) in [6, 6.07) is 16.5. The van der Waals surface area contributed by atoms with Gasteiger partial charge in [0.05, 0.1) is 17.2 Å². The fraction of sp³-hybridized carbons (Fsp3) is 0.160. The summed E-state index contributed by atoms with van der Waals surface area (Å²) in [5.41, 5.74) is 1.23. The van der Waals surface area contributed by atoms with Crippen LogP contribution in [-0.2, 0) is 4.74 Å². The molecule has 190 valence electrons. The fourth-order valence-electron chi connectivity index (χ4n) is 3.37. The Kier molecular flexibility index (Phi) is 8.06. The molecule has 0 atom stereocenters. The van der Waals surface area contributed by atoms with Crippen LogP contribution in [0.25, 0.3) is 17.1 Å². The van der Waals surface area contributed by atoms with E-state index < -0.39 is 16.6 Å². The molecule has 1 heterocycles. The number of aromatic nitrogens is 3. The molecular formula is C25H21ClFN5O5. The molecule has 1 N–H and O–H groups in total. The summed E-state index contributed by atoms with van der Waals surface area (Å²) >= 11 is 5.82. The lowest BCUT2D eigenvalue weighted by Crippen LogP contribution is -2.12. The van der Waals surface area contributed by atoms with Gasteiger partial charge in [0.25, 0.3) is 11.6 Å². The molecule has 0 saturated heterocycles. The number of anilines is 1. The number of hydrogen-bond acceptors (Lipinski definition) is 7. The van der Waals surface area contributed by atoms with Gasteiger partial charge in [0.15, 0.2) is 5.82 Å². The zero-order valence-electron chi connectivity index (χ0n) is 19.6. The summed E-state index contributed by atoms with van der Waals surface area (Å²) in [6.45, 7) is 3.04. The van der Waals surface area contributed by atoms with Crippen LogP contribution in [0.2, 0.25) is 5.02 Å². The SMILES string of the molecule is CCOCCOc1nc(-c2cccc(F)c2)n(-c2ccc(NC(=O)c3ccc(Cl)c([N+](=O)[O-])c3)cc2)n1. The van der Waals surface area contributed by atoms with Crippen molar-refractivity contribution in [3.63, 3.8) is 0 Å². The molecular weight excluding hydrogens is 505 g/mol. The van der Waals surface area contributed by atoms with E-state index in [9.17, 15) is 19.3 Å². The first-order valence-corrected chi connectivity index (χ1v) is 11.5. The van der Waals surface area contributed by atoms with Gasteiger partial charge in [-0.05, 0) is 55.5 Å². The highest BCUT2D eigenvalue weighted by atomic mass is 35.5. The summed E-state index contributed by atoms with van der Waals surface area (Å²) in [4.78, 5) is 27.5. The van der Waals surface area contributed by atoms with Gasteiger partial charge >= 0.3 is 6.01 Å². The monoisotopic (exact) mass is 525 g/mol. The number of carbonyl (C=O) groups excluding carboxylic acids is 1. The van der Waals surface area contributed by atoms with Crippen molar-refractivity contribution < 1.29 is 23.6 Å². The van der Waals surface area contributed by atoms with Gasteiger partial charge in [0, 0.05) is 29.5 Å². The maximum atomic E-state index is 13.9. The van der Waals surface area contributed by atoms with Crippen molar-refractivity contribution in [3.8, 4) is 23.1 Å². The molecule has 3 aromatic carbocycles. The van der Waals surface area contributed by atoms with Gasteiger partial charge in [-0.15, -0.1) is 5.10 Å². The minimum atomic E-state index is -0.656. The van der Waals surface area contributed by atoms with E-state index in [0.29, 0.717) is 36.0 Å². The lowest BCUT2D eigenvalue weighted by Gasteiger charge is -2.09. The van der Waals surface area contributed by atoms with Crippen LogP contribution in [0.5, 0.6) is 6.01 Å². The van der Waals surface area contributed by atoms with Gasteiger partial charge in [-0.3, -0.25) is 14.9 Å². The van der Waals surface area contributed by atoms with Crippen LogP contribution in [0.1, 0.15) is 17.3 Å². The lowest BCUT2D eigenvalue weighted by atomic mass is 10.1. The third-order valence-electron chi connectivity index (χ3n) is 5.11. The number of ether oxygens (including phenoxy) is 2. The van der Waals surface area contributed by atoms with E-state index in [1.807, 2.05) is 6.92 Å². The Morgan fingerprint density at radius 2 is 1.92 bits per heavy atom. The number of halogens is 2. The van der Waals surface area contributed by atoms with Crippen LogP contribution in [0.3, 0.4) is 0 Å². The second-order valence-electron chi connectivity index (χ2n) is 7.61. The molecule has 0 aliphatic rings. The zero-order valence-corrected chi connectivity index (χ0v) is 20.3. The fourth-order valence-corrected chi connectivity index (χ4v) is 3.55. The van der Waals surface area contributed by atoms with E-state index in [-0.39, 0.29) is 28.9 Å². The first kappa shape index (κ1) is 25.7. The van der Waals surface area contributed by atoms with Crippen molar-refractivity contribution in [1.29, 1.82) is 0 Å². The average Bonchev–Trinajstić information content (AvgIpc) is 3.31. The van der Waals surface area contributed by atoms with Crippen molar-refractivity contribution in [2.45, 2.75) is 6.92 Å². The minimum absolute atomic E-state index is 0.0610. The lowest BCUT2D eigenvalue weighted by molar-refractivity contribution is -0.384. The van der Waals surface area contributed by atoms with Crippen LogP contribution >= 0.6 is 11.6 Å². The molecule has 0 bridgehead atoms. The molecule has 4 aromatic rings. The Labute approximate surface area is 215 Å². The Balaban J connectivity index is 1.57. The molecule has 0 unspecified atom stereocenters. The van der Waals surface area contributed by atoms with Crippen molar-refractivity contribution in [2.24, 2.45) is 0 Å². The molecule has 12 heteroatoms. The predicted octanol–water partition coefficient (Wildman–Crippen LogP) is 5.30. The van der Waals surface area contributed by atoms with Gasteiger partial charge in [0.2, 0.25) is 0 Å². The number of nitrogens with one attached hydrogen (secondary N) is 1. The van der Waals surface area contributed by atoms with Crippen molar-refractivity contribution >= 4 is 28.9 Å². The van der Waals surface area contributed by atoms with Gasteiger partial charge in [0.1, 0.15) is 17.4 Å². The standard InChI is InChI=1S/C25H21ClFN5O5/c1-2-36-12-13-37-25-29-23(16-4-3-5-18(27)14-16)31(30-25)20-9-7-19(8-10-20)28-24(33)17-6-11-21(26)22(15-17)32(34)35/h3-11,14-15H,2,12-13H2,1H3,(H,28,33). The van der Waals surface area contributed by atoms with E-state index in [4.69, 9.17) is 21.1 Å². The van der Waals surface area contributed by atoms with Crippen LogP contribution in [0.15, 0.2) is 66.7 Å². The van der Waals surface area contributed by atoms with Crippen LogP contribution in [0.4, 0.5) is 15.8 Å². The molecule has 0 aliphatic carbocycles. The first-order chi connectivity index (χ1) is 17.9. The van der Waals surface area contributed by atoms with Gasteiger partial charge in [-0.2, -0.15) is 4.98 Å². The topological polar surface area (TPSA) is 121 Å². The molecule has 1 aromatic heterocycles. The highest BCUT2D eigenvalue weighted by Crippen LogP contribution is 2.27. The molecule has 0 spiro atoms. The summed E-state index contributed by atoms with van der Waals surface area (Å²) in [7, 11) is 0. The number of amides is 1. The van der Waals surface area contributed by atoms with Gasteiger partial charge in [-0.25, -0.2) is 9.07 Å². The summed E-state index contributed by atoms with van der Waals surface area (Å²) in [5.74, 6) is -0.610. The van der Waals surface area contributed by atoms with Gasteiger partial charge < -0.3 is 14.8 Å². The quantitative estimate of drug-likeness (QED) is 0.169. The highest BCUT2D eigenvalue weighted by molar-refractivity contribution is 6.32. The van der Waals surface area contributed by atoms with Crippen LogP contribution in [-0.4, -0.2) is 45.4 Å². The zero-order chi connectivity index (χ0) is 26.4. The normalized spacial score (nSPS) is 10.8. The number of hydrogen-bond donors (Lipinski definition) is 1. The smallest absolute Gasteiger partial charge is 0.336 e. The van der Waals surface area contributed by atoms with Crippen molar-refractivity contribution in [2.75, 3.05) is 25.1 Å². The summed E-state index contributed by atoms with van der Waals surface area (Å²) in [6.07, 6.45) is 0. The highest BCUT2D eigenvalue weighted by Gasteiger charge is 2.18. The largest absolute Gasteiger partial charge is 0.460 e. The Bertz CT molecular complexity index is 1430. The maximum absolute atomic E-state index is 13.9. The Morgan fingerprint density at radius 3 is 2.62 bits per heavy atom. The number of carbonyl (C=O) groups is 1. The number of nitro groups is 1. The molecule has 37 heavy (non-hydrogen) atoms. The number of benzene rings is 3. The van der Waals surface area contributed by atoms with E-state index in [2.05, 4.69) is 15.4 Å². The number of nitro benzene ring substituents is 1. The second-order valence-corrected chi connectivity index (χ2v) is 8.02. The second kappa shape index (κ2) is 11.6. The third kappa shape index (κ3) is 6.26. The Morgan fingerprint density at radius 1 is 1.14 bits per heavy atom. The summed E-state index contributed by atoms with van der Waals surface area (Å²) in [5, 5.41) is 18.1. The van der Waals surface area contributed by atoms with Crippen molar-refractivity contribution in [3.05, 3.63) is 93.2 Å². The third-order valence-corrected chi connectivity index (χ3v) is 5.43. The molecule has 0 radical (unpaired) electrons. The van der Waals surface area contributed by atoms with Crippen molar-refractivity contribution in [1.82, 2.24) is 14.8 Å². The van der Waals surface area contributed by atoms with Crippen LogP contribution in [0, 0.1) is 15.9 Å². The average molecular weight is 526 g/mol. The number of rotatable bonds is 10.